The van der Waals surface area contributed by atoms with Gasteiger partial charge in [-0.1, -0.05) is 0 Å². The van der Waals surface area contributed by atoms with Crippen molar-refractivity contribution in [2.45, 2.75) is 51.0 Å². The Hall–Kier alpha value is -1.50. The second kappa shape index (κ2) is 5.05. The van der Waals surface area contributed by atoms with Crippen LogP contribution in [0, 0.1) is 0 Å². The number of amides is 2. The summed E-state index contributed by atoms with van der Waals surface area (Å²) in [6.07, 6.45) is 0.121. The number of carbonyl (C=O) groups excluding carboxylic acids is 2. The van der Waals surface area contributed by atoms with Crippen molar-refractivity contribution in [1.82, 2.24) is 15.1 Å². The summed E-state index contributed by atoms with van der Waals surface area (Å²) in [6.45, 7) is 8.16. The Morgan fingerprint density at radius 3 is 2.76 bits per heavy atom. The van der Waals surface area contributed by atoms with Crippen LogP contribution in [0.2, 0.25) is 0 Å². The largest absolute Gasteiger partial charge is 0.444 e. The molecule has 0 aliphatic carbocycles. The zero-order chi connectivity index (χ0) is 15.2. The van der Waals surface area contributed by atoms with Crippen molar-refractivity contribution in [3.8, 4) is 0 Å². The molecule has 3 heterocycles. The van der Waals surface area contributed by atoms with Crippen molar-refractivity contribution in [1.29, 1.82) is 0 Å². The van der Waals surface area contributed by atoms with Gasteiger partial charge in [0.25, 0.3) is 0 Å². The molecule has 3 aliphatic rings. The van der Waals surface area contributed by atoms with E-state index in [0.717, 1.165) is 19.5 Å². The van der Waals surface area contributed by atoms with Gasteiger partial charge in [0.1, 0.15) is 11.7 Å². The molecule has 1 unspecified atom stereocenters. The van der Waals surface area contributed by atoms with E-state index in [1.165, 1.54) is 0 Å². The van der Waals surface area contributed by atoms with Crippen LogP contribution in [0.4, 0.5) is 9.59 Å². The van der Waals surface area contributed by atoms with E-state index in [9.17, 15) is 9.59 Å². The van der Waals surface area contributed by atoms with Crippen molar-refractivity contribution in [2.24, 2.45) is 0 Å². The van der Waals surface area contributed by atoms with E-state index in [-0.39, 0.29) is 30.4 Å². The summed E-state index contributed by atoms with van der Waals surface area (Å²) in [5, 5.41) is 3.26. The topological polar surface area (TPSA) is 71.1 Å². The zero-order valence-corrected chi connectivity index (χ0v) is 12.8. The molecule has 3 fully saturated rings. The second-order valence-corrected chi connectivity index (χ2v) is 6.93. The normalized spacial score (nSPS) is 32.3. The van der Waals surface area contributed by atoms with Crippen molar-refractivity contribution in [3.05, 3.63) is 0 Å². The van der Waals surface area contributed by atoms with Gasteiger partial charge in [-0.3, -0.25) is 4.90 Å². The summed E-state index contributed by atoms with van der Waals surface area (Å²) >= 11 is 0. The lowest BCUT2D eigenvalue weighted by molar-refractivity contribution is 0.0242. The van der Waals surface area contributed by atoms with Crippen LogP contribution < -0.4 is 5.32 Å². The van der Waals surface area contributed by atoms with Gasteiger partial charge < -0.3 is 19.7 Å². The lowest BCUT2D eigenvalue weighted by atomic mass is 10.1. The molecule has 2 amide bonds. The zero-order valence-electron chi connectivity index (χ0n) is 12.8. The number of fused-ring (bicyclic) bond motifs is 1. The number of rotatable bonds is 1. The van der Waals surface area contributed by atoms with Gasteiger partial charge in [0, 0.05) is 19.1 Å². The third kappa shape index (κ3) is 2.79. The number of hydrogen-bond acceptors (Lipinski definition) is 5. The highest BCUT2D eigenvalue weighted by molar-refractivity contribution is 5.74. The van der Waals surface area contributed by atoms with Crippen molar-refractivity contribution in [2.75, 3.05) is 26.2 Å². The summed E-state index contributed by atoms with van der Waals surface area (Å²) < 4.78 is 10.8. The van der Waals surface area contributed by atoms with E-state index in [0.29, 0.717) is 13.1 Å². The summed E-state index contributed by atoms with van der Waals surface area (Å²) in [4.78, 5) is 27.6. The predicted octanol–water partition coefficient (Wildman–Crippen LogP) is 0.788. The monoisotopic (exact) mass is 297 g/mol. The van der Waals surface area contributed by atoms with E-state index in [2.05, 4.69) is 5.32 Å². The number of carbonyl (C=O) groups is 2. The van der Waals surface area contributed by atoms with Crippen LogP contribution in [0.5, 0.6) is 0 Å². The first-order chi connectivity index (χ1) is 9.85. The molecule has 21 heavy (non-hydrogen) atoms. The van der Waals surface area contributed by atoms with E-state index >= 15 is 0 Å². The van der Waals surface area contributed by atoms with Crippen LogP contribution in [0.15, 0.2) is 0 Å². The number of likely N-dealkylation sites (tertiary alicyclic amines) is 1. The molecule has 118 valence electrons. The van der Waals surface area contributed by atoms with Gasteiger partial charge in [-0.15, -0.1) is 0 Å². The Kier molecular flexibility index (Phi) is 3.47. The Morgan fingerprint density at radius 1 is 1.38 bits per heavy atom. The summed E-state index contributed by atoms with van der Waals surface area (Å²) in [6, 6.07) is 0.126. The maximum atomic E-state index is 12.1. The molecule has 3 aliphatic heterocycles. The molecule has 3 atom stereocenters. The highest BCUT2D eigenvalue weighted by atomic mass is 16.6. The van der Waals surface area contributed by atoms with Gasteiger partial charge >= 0.3 is 12.2 Å². The molecule has 7 nitrogen and oxygen atoms in total. The SMILES string of the molecule is CC(C)(C)OC(=O)N1C[C@@H]2OC(=O)N(C3CCNC3)[C@@H]2C1. The first kappa shape index (κ1) is 14.4. The van der Waals surface area contributed by atoms with Gasteiger partial charge in [-0.05, 0) is 33.7 Å². The average molecular weight is 297 g/mol. The molecule has 0 radical (unpaired) electrons. The molecule has 1 N–H and O–H groups in total. The van der Waals surface area contributed by atoms with Crippen LogP contribution in [-0.4, -0.2) is 72.0 Å². The molecule has 7 heteroatoms. The fourth-order valence-electron chi connectivity index (χ4n) is 3.24. The molecule has 0 aromatic carbocycles. The quantitative estimate of drug-likeness (QED) is 0.775. The number of ether oxygens (including phenoxy) is 2. The van der Waals surface area contributed by atoms with E-state index in [1.807, 2.05) is 25.7 Å². The highest BCUT2D eigenvalue weighted by Gasteiger charge is 2.51. The van der Waals surface area contributed by atoms with E-state index in [1.54, 1.807) is 4.90 Å². The Bertz CT molecular complexity index is 442. The van der Waals surface area contributed by atoms with Gasteiger partial charge in [-0.25, -0.2) is 9.59 Å². The number of nitrogens with zero attached hydrogens (tertiary/aromatic N) is 2. The Morgan fingerprint density at radius 2 is 2.14 bits per heavy atom. The van der Waals surface area contributed by atoms with Crippen LogP contribution in [0.3, 0.4) is 0 Å². The standard InChI is InChI=1S/C14H23N3O4/c1-14(2,3)21-12(18)16-7-10-11(8-16)20-13(19)17(10)9-4-5-15-6-9/h9-11,15H,4-8H2,1-3H3/t9?,10-,11+/m1/s1. The van der Waals surface area contributed by atoms with Crippen molar-refractivity contribution in [3.63, 3.8) is 0 Å². The van der Waals surface area contributed by atoms with E-state index < -0.39 is 5.60 Å². The minimum absolute atomic E-state index is 0.0464. The minimum atomic E-state index is -0.513. The summed E-state index contributed by atoms with van der Waals surface area (Å²) in [5.41, 5.74) is -0.513. The Labute approximate surface area is 124 Å². The van der Waals surface area contributed by atoms with Gasteiger partial charge in [0.15, 0.2) is 0 Å². The van der Waals surface area contributed by atoms with Crippen molar-refractivity contribution >= 4 is 12.2 Å². The molecule has 3 saturated heterocycles. The number of nitrogens with one attached hydrogen (secondary N) is 1. The lowest BCUT2D eigenvalue weighted by Crippen LogP contribution is -2.46. The second-order valence-electron chi connectivity index (χ2n) is 6.93. The van der Waals surface area contributed by atoms with Crippen LogP contribution >= 0.6 is 0 Å². The smallest absolute Gasteiger partial charge is 0.410 e. The average Bonchev–Trinajstić information content (AvgIpc) is 3.01. The van der Waals surface area contributed by atoms with Crippen LogP contribution in [0.25, 0.3) is 0 Å². The molecule has 0 spiro atoms. The Balaban J connectivity index is 1.66. The van der Waals surface area contributed by atoms with Gasteiger partial charge in [0.05, 0.1) is 12.6 Å². The van der Waals surface area contributed by atoms with Crippen LogP contribution in [-0.2, 0) is 9.47 Å². The summed E-state index contributed by atoms with van der Waals surface area (Å²) in [5.74, 6) is 0. The lowest BCUT2D eigenvalue weighted by Gasteiger charge is -2.28. The molecular weight excluding hydrogens is 274 g/mol. The number of hydrogen-bond donors (Lipinski definition) is 1. The molecule has 0 saturated carbocycles. The first-order valence-corrected chi connectivity index (χ1v) is 7.53. The third-order valence-electron chi connectivity index (χ3n) is 4.14. The highest BCUT2D eigenvalue weighted by Crippen LogP contribution is 2.31. The van der Waals surface area contributed by atoms with Gasteiger partial charge in [0.2, 0.25) is 0 Å². The predicted molar refractivity (Wildman–Crippen MR) is 75.0 cm³/mol. The third-order valence-corrected chi connectivity index (χ3v) is 4.14. The molecule has 0 bridgehead atoms. The fourth-order valence-corrected chi connectivity index (χ4v) is 3.24. The molecule has 0 aromatic heterocycles. The minimum Gasteiger partial charge on any atom is -0.444 e. The molecule has 0 aromatic rings. The van der Waals surface area contributed by atoms with Crippen LogP contribution in [0.1, 0.15) is 27.2 Å². The fraction of sp³-hybridized carbons (Fsp3) is 0.857. The molecular formula is C14H23N3O4. The maximum absolute atomic E-state index is 12.1. The maximum Gasteiger partial charge on any atom is 0.410 e. The molecule has 3 rings (SSSR count). The van der Waals surface area contributed by atoms with E-state index in [4.69, 9.17) is 9.47 Å². The van der Waals surface area contributed by atoms with Crippen molar-refractivity contribution < 1.29 is 19.1 Å². The first-order valence-electron chi connectivity index (χ1n) is 7.53. The van der Waals surface area contributed by atoms with Gasteiger partial charge in [-0.2, -0.15) is 0 Å². The summed E-state index contributed by atoms with van der Waals surface area (Å²) in [7, 11) is 0.